The van der Waals surface area contributed by atoms with E-state index in [-0.39, 0.29) is 32.6 Å². The molecule has 10 heteroatoms. The smallest absolute Gasteiger partial charge is 0.462 e. The van der Waals surface area contributed by atoms with Gasteiger partial charge in [-0.05, 0) is 89.9 Å². The van der Waals surface area contributed by atoms with Gasteiger partial charge in [-0.25, -0.2) is 4.57 Å². The summed E-state index contributed by atoms with van der Waals surface area (Å²) in [5.41, 5.74) is 5.33. The summed E-state index contributed by atoms with van der Waals surface area (Å²) in [7, 11) is -4.41. The highest BCUT2D eigenvalue weighted by atomic mass is 31.2. The molecule has 0 aromatic rings. The minimum Gasteiger partial charge on any atom is -0.462 e. The predicted octanol–water partition coefficient (Wildman–Crippen LogP) is 11.8. The number of unbranched alkanes of at least 4 members (excludes halogenated alkanes) is 8. The first-order valence-corrected chi connectivity index (χ1v) is 22.2. The van der Waals surface area contributed by atoms with Crippen LogP contribution in [0.2, 0.25) is 0 Å². The lowest BCUT2D eigenvalue weighted by molar-refractivity contribution is -0.161. The Balaban J connectivity index is 4.40. The third kappa shape index (κ3) is 40.4. The van der Waals surface area contributed by atoms with Gasteiger partial charge in [0.05, 0.1) is 13.2 Å². The highest BCUT2D eigenvalue weighted by Crippen LogP contribution is 2.43. The molecule has 2 atom stereocenters. The Labute approximate surface area is 334 Å². The van der Waals surface area contributed by atoms with Crippen LogP contribution in [0.3, 0.4) is 0 Å². The Kier molecular flexibility index (Phi) is 38.3. The number of esters is 2. The first-order valence-electron chi connectivity index (χ1n) is 20.7. The number of ether oxygens (including phenoxy) is 2. The van der Waals surface area contributed by atoms with E-state index in [1.807, 2.05) is 12.2 Å². The molecule has 9 nitrogen and oxygen atoms in total. The molecule has 0 aliphatic carbocycles. The normalized spacial score (nSPS) is 14.3. The first kappa shape index (κ1) is 51.9. The molecule has 0 aromatic heterocycles. The van der Waals surface area contributed by atoms with Gasteiger partial charge >= 0.3 is 19.8 Å². The standard InChI is InChI=1S/C45H74NO8P/c1-3-5-7-9-11-13-15-17-19-21-23-25-27-29-31-33-35-37-44(47)51-41-43(42-53-55(49,50)52-40-39-46)54-45(48)38-36-34-32-30-28-26-24-22-20-18-16-14-12-10-8-6-4-2/h11-14,17-20,23-26,29-32,43H,3-10,15-16,21-22,27-28,33-42,46H2,1-2H3,(H,49,50)/b13-11+,14-12+,19-17+,20-18+,25-23+,26-24+,31-29+,32-30+. The fourth-order valence-electron chi connectivity index (χ4n) is 4.85. The molecule has 0 amide bonds. The molecule has 0 saturated carbocycles. The summed E-state index contributed by atoms with van der Waals surface area (Å²) in [4.78, 5) is 34.8. The second-order valence-corrected chi connectivity index (χ2v) is 14.6. The fourth-order valence-corrected chi connectivity index (χ4v) is 5.62. The van der Waals surface area contributed by atoms with Gasteiger partial charge in [-0.1, -0.05) is 137 Å². The van der Waals surface area contributed by atoms with Gasteiger partial charge in [0.25, 0.3) is 0 Å². The van der Waals surface area contributed by atoms with Crippen molar-refractivity contribution >= 4 is 19.8 Å². The van der Waals surface area contributed by atoms with Gasteiger partial charge in [0, 0.05) is 19.4 Å². The van der Waals surface area contributed by atoms with Crippen LogP contribution in [0, 0.1) is 0 Å². The van der Waals surface area contributed by atoms with E-state index in [2.05, 4.69) is 98.9 Å². The number of phosphoric acid groups is 1. The van der Waals surface area contributed by atoms with E-state index in [9.17, 15) is 19.0 Å². The van der Waals surface area contributed by atoms with E-state index in [0.29, 0.717) is 19.3 Å². The maximum atomic E-state index is 12.5. The van der Waals surface area contributed by atoms with Crippen molar-refractivity contribution in [3.63, 3.8) is 0 Å². The number of nitrogens with two attached hydrogens (primary N) is 1. The Morgan fingerprint density at radius 2 is 0.927 bits per heavy atom. The SMILES string of the molecule is CCCCC/C=C/C/C=C/C/C=C/C/C=C/CCCC(=O)OCC(COP(=O)(O)OCCN)OC(=O)CCC/C=C/C/C=C/C/C=C/C/C=C/CCCCC. The van der Waals surface area contributed by atoms with Crippen LogP contribution < -0.4 is 5.73 Å². The van der Waals surface area contributed by atoms with E-state index in [1.54, 1.807) is 0 Å². The van der Waals surface area contributed by atoms with Crippen molar-refractivity contribution in [3.8, 4) is 0 Å². The summed E-state index contributed by atoms with van der Waals surface area (Å²) >= 11 is 0. The molecular weight excluding hydrogens is 713 g/mol. The average Bonchev–Trinajstić information content (AvgIpc) is 3.17. The summed E-state index contributed by atoms with van der Waals surface area (Å²) in [6.07, 6.45) is 51.6. The minimum absolute atomic E-state index is 0.0322. The van der Waals surface area contributed by atoms with E-state index in [4.69, 9.17) is 24.3 Å². The van der Waals surface area contributed by atoms with Gasteiger partial charge in [-0.2, -0.15) is 0 Å². The molecule has 0 aliphatic heterocycles. The molecule has 312 valence electrons. The predicted molar refractivity (Wildman–Crippen MR) is 228 cm³/mol. The zero-order valence-electron chi connectivity index (χ0n) is 34.1. The molecule has 0 radical (unpaired) electrons. The van der Waals surface area contributed by atoms with Crippen LogP contribution in [0.1, 0.15) is 142 Å². The average molecular weight is 788 g/mol. The Morgan fingerprint density at radius 1 is 0.545 bits per heavy atom. The van der Waals surface area contributed by atoms with Crippen LogP contribution in [-0.2, 0) is 32.7 Å². The molecule has 0 bridgehead atoms. The van der Waals surface area contributed by atoms with Crippen LogP contribution in [0.15, 0.2) is 97.2 Å². The van der Waals surface area contributed by atoms with Gasteiger partial charge in [0.15, 0.2) is 6.10 Å². The molecule has 0 heterocycles. The quantitative estimate of drug-likeness (QED) is 0.0273. The molecule has 2 unspecified atom stereocenters. The van der Waals surface area contributed by atoms with Crippen LogP contribution >= 0.6 is 7.82 Å². The van der Waals surface area contributed by atoms with Gasteiger partial charge in [-0.15, -0.1) is 0 Å². The summed E-state index contributed by atoms with van der Waals surface area (Å²) in [6.45, 7) is 3.52. The number of hydrogen-bond donors (Lipinski definition) is 2. The number of hydrogen-bond acceptors (Lipinski definition) is 8. The summed E-state index contributed by atoms with van der Waals surface area (Å²) in [5, 5.41) is 0. The largest absolute Gasteiger partial charge is 0.472 e. The van der Waals surface area contributed by atoms with Crippen molar-refractivity contribution in [2.45, 2.75) is 148 Å². The molecule has 0 aliphatic rings. The van der Waals surface area contributed by atoms with Crippen LogP contribution in [-0.4, -0.2) is 49.3 Å². The van der Waals surface area contributed by atoms with Crippen molar-refractivity contribution in [1.82, 2.24) is 0 Å². The van der Waals surface area contributed by atoms with Crippen LogP contribution in [0.25, 0.3) is 0 Å². The highest BCUT2D eigenvalue weighted by molar-refractivity contribution is 7.47. The summed E-state index contributed by atoms with van der Waals surface area (Å²) in [6, 6.07) is 0. The molecule has 55 heavy (non-hydrogen) atoms. The number of phosphoric ester groups is 1. The number of allylic oxidation sites excluding steroid dienone is 16. The zero-order valence-corrected chi connectivity index (χ0v) is 35.0. The molecule has 0 rings (SSSR count). The fraction of sp³-hybridized carbons (Fsp3) is 0.600. The van der Waals surface area contributed by atoms with E-state index in [1.165, 1.54) is 44.9 Å². The van der Waals surface area contributed by atoms with Crippen LogP contribution in [0.4, 0.5) is 0 Å². The van der Waals surface area contributed by atoms with Crippen molar-refractivity contribution in [2.75, 3.05) is 26.4 Å². The van der Waals surface area contributed by atoms with Crippen molar-refractivity contribution < 1.29 is 37.6 Å². The van der Waals surface area contributed by atoms with Gasteiger partial charge in [-0.3, -0.25) is 18.6 Å². The van der Waals surface area contributed by atoms with Crippen molar-refractivity contribution in [3.05, 3.63) is 97.2 Å². The molecule has 0 aromatic carbocycles. The van der Waals surface area contributed by atoms with Gasteiger partial charge in [0.1, 0.15) is 6.61 Å². The Hall–Kier alpha value is -3.07. The van der Waals surface area contributed by atoms with E-state index < -0.39 is 32.5 Å². The van der Waals surface area contributed by atoms with Crippen LogP contribution in [0.5, 0.6) is 0 Å². The lowest BCUT2D eigenvalue weighted by Gasteiger charge is -2.19. The summed E-state index contributed by atoms with van der Waals surface area (Å²) < 4.78 is 32.6. The Bertz CT molecular complexity index is 1220. The van der Waals surface area contributed by atoms with E-state index in [0.717, 1.165) is 51.4 Å². The zero-order chi connectivity index (χ0) is 40.3. The maximum absolute atomic E-state index is 12.5. The second-order valence-electron chi connectivity index (χ2n) is 13.1. The number of rotatable bonds is 37. The van der Waals surface area contributed by atoms with Crippen molar-refractivity contribution in [1.29, 1.82) is 0 Å². The first-order chi connectivity index (χ1) is 26.8. The lowest BCUT2D eigenvalue weighted by atomic mass is 10.2. The van der Waals surface area contributed by atoms with Crippen molar-refractivity contribution in [2.24, 2.45) is 5.73 Å². The van der Waals surface area contributed by atoms with Gasteiger partial charge < -0.3 is 20.1 Å². The number of carbonyl (C=O) groups excluding carboxylic acids is 2. The second kappa shape index (κ2) is 40.6. The highest BCUT2D eigenvalue weighted by Gasteiger charge is 2.25. The lowest BCUT2D eigenvalue weighted by Crippen LogP contribution is -2.29. The molecule has 3 N–H and O–H groups in total. The molecule has 0 spiro atoms. The topological polar surface area (TPSA) is 134 Å². The van der Waals surface area contributed by atoms with E-state index >= 15 is 0 Å². The molecule has 0 saturated heterocycles. The van der Waals surface area contributed by atoms with Gasteiger partial charge in [0.2, 0.25) is 0 Å². The summed E-state index contributed by atoms with van der Waals surface area (Å²) in [5.74, 6) is -0.972. The minimum atomic E-state index is -4.41. The maximum Gasteiger partial charge on any atom is 0.472 e. The molecular formula is C45H74NO8P. The number of carbonyl (C=O) groups is 2. The Morgan fingerprint density at radius 3 is 1.33 bits per heavy atom. The molecule has 0 fully saturated rings. The third-order valence-electron chi connectivity index (χ3n) is 7.94. The monoisotopic (exact) mass is 788 g/mol. The third-order valence-corrected chi connectivity index (χ3v) is 8.93.